The zero-order valence-corrected chi connectivity index (χ0v) is 17.3. The normalized spacial score (nSPS) is 14.6. The largest absolute Gasteiger partial charge is 0.495 e. The molecule has 154 valence electrons. The maximum Gasteiger partial charge on any atom is 0.321 e. The van der Waals surface area contributed by atoms with Crippen molar-refractivity contribution in [2.45, 2.75) is 32.6 Å². The van der Waals surface area contributed by atoms with E-state index in [1.807, 2.05) is 42.5 Å². The van der Waals surface area contributed by atoms with Crippen molar-refractivity contribution in [2.75, 3.05) is 30.8 Å². The van der Waals surface area contributed by atoms with E-state index >= 15 is 0 Å². The van der Waals surface area contributed by atoms with Crippen molar-refractivity contribution >= 4 is 23.3 Å². The van der Waals surface area contributed by atoms with Crippen LogP contribution in [0.25, 0.3) is 0 Å². The van der Waals surface area contributed by atoms with Gasteiger partial charge in [-0.1, -0.05) is 38.1 Å². The lowest BCUT2D eigenvalue weighted by Crippen LogP contribution is -2.43. The number of urea groups is 1. The predicted molar refractivity (Wildman–Crippen MR) is 115 cm³/mol. The van der Waals surface area contributed by atoms with E-state index in [1.54, 1.807) is 12.0 Å². The van der Waals surface area contributed by atoms with Crippen molar-refractivity contribution in [1.29, 1.82) is 0 Å². The first-order valence-electron chi connectivity index (χ1n) is 10.1. The Hall–Kier alpha value is -3.02. The van der Waals surface area contributed by atoms with Crippen LogP contribution in [0, 0.1) is 5.92 Å². The Kier molecular flexibility index (Phi) is 6.75. The zero-order valence-electron chi connectivity index (χ0n) is 17.3. The molecule has 0 aliphatic carbocycles. The lowest BCUT2D eigenvalue weighted by Gasteiger charge is -2.31. The fourth-order valence-corrected chi connectivity index (χ4v) is 3.51. The summed E-state index contributed by atoms with van der Waals surface area (Å²) in [4.78, 5) is 27.0. The minimum atomic E-state index is -0.117. The van der Waals surface area contributed by atoms with Gasteiger partial charge in [-0.3, -0.25) is 4.79 Å². The molecule has 29 heavy (non-hydrogen) atoms. The molecule has 1 heterocycles. The van der Waals surface area contributed by atoms with Gasteiger partial charge in [-0.25, -0.2) is 4.79 Å². The summed E-state index contributed by atoms with van der Waals surface area (Å²) in [5, 5.41) is 5.92. The van der Waals surface area contributed by atoms with Crippen LogP contribution in [0.2, 0.25) is 0 Å². The molecule has 0 atom stereocenters. The summed E-state index contributed by atoms with van der Waals surface area (Å²) >= 11 is 0. The van der Waals surface area contributed by atoms with Gasteiger partial charge in [0.2, 0.25) is 5.91 Å². The van der Waals surface area contributed by atoms with Crippen LogP contribution >= 0.6 is 0 Å². The average molecular weight is 396 g/mol. The number of hydrogen-bond donors (Lipinski definition) is 2. The van der Waals surface area contributed by atoms with E-state index in [0.717, 1.165) is 5.69 Å². The van der Waals surface area contributed by atoms with Crippen molar-refractivity contribution in [1.82, 2.24) is 4.90 Å². The fourth-order valence-electron chi connectivity index (χ4n) is 3.51. The van der Waals surface area contributed by atoms with Gasteiger partial charge in [-0.15, -0.1) is 0 Å². The van der Waals surface area contributed by atoms with Gasteiger partial charge in [0, 0.05) is 24.7 Å². The molecule has 3 rings (SSSR count). The number of rotatable bonds is 5. The molecule has 1 aliphatic rings. The number of methoxy groups -OCH3 is 1. The third-order valence-corrected chi connectivity index (χ3v) is 5.32. The minimum absolute atomic E-state index is 0.0285. The van der Waals surface area contributed by atoms with E-state index in [0.29, 0.717) is 43.3 Å². The lowest BCUT2D eigenvalue weighted by atomic mass is 9.96. The second-order valence-corrected chi connectivity index (χ2v) is 7.66. The number of carbonyl (C=O) groups is 2. The van der Waals surface area contributed by atoms with Gasteiger partial charge in [-0.2, -0.15) is 0 Å². The first-order chi connectivity index (χ1) is 14.0. The van der Waals surface area contributed by atoms with Crippen LogP contribution in [0.5, 0.6) is 5.75 Å². The molecule has 6 nitrogen and oxygen atoms in total. The van der Waals surface area contributed by atoms with Crippen LogP contribution in [-0.2, 0) is 4.79 Å². The summed E-state index contributed by atoms with van der Waals surface area (Å²) < 4.78 is 5.29. The average Bonchev–Trinajstić information content (AvgIpc) is 2.74. The highest BCUT2D eigenvalue weighted by Crippen LogP contribution is 2.26. The van der Waals surface area contributed by atoms with Crippen LogP contribution in [0.1, 0.15) is 38.2 Å². The Labute approximate surface area is 172 Å². The van der Waals surface area contributed by atoms with Crippen LogP contribution < -0.4 is 15.4 Å². The predicted octanol–water partition coefficient (Wildman–Crippen LogP) is 4.70. The number of likely N-dealkylation sites (tertiary alicyclic amines) is 1. The van der Waals surface area contributed by atoms with Gasteiger partial charge in [0.05, 0.1) is 12.8 Å². The highest BCUT2D eigenvalue weighted by molar-refractivity contribution is 5.94. The molecule has 0 radical (unpaired) electrons. The molecule has 2 aromatic rings. The molecular formula is C23H29N3O3. The summed E-state index contributed by atoms with van der Waals surface area (Å²) in [5.74, 6) is 0.901. The number of para-hydroxylation sites is 2. The minimum Gasteiger partial charge on any atom is -0.495 e. The molecule has 0 bridgehead atoms. The molecule has 0 spiro atoms. The van der Waals surface area contributed by atoms with Gasteiger partial charge < -0.3 is 20.3 Å². The molecule has 6 heteroatoms. The maximum absolute atomic E-state index is 12.6. The highest BCUT2D eigenvalue weighted by Gasteiger charge is 2.28. The highest BCUT2D eigenvalue weighted by atomic mass is 16.5. The van der Waals surface area contributed by atoms with E-state index in [-0.39, 0.29) is 17.9 Å². The van der Waals surface area contributed by atoms with Gasteiger partial charge in [0.15, 0.2) is 0 Å². The Bertz CT molecular complexity index is 858. The third-order valence-electron chi connectivity index (χ3n) is 5.32. The van der Waals surface area contributed by atoms with Crippen LogP contribution in [0.3, 0.4) is 0 Å². The second-order valence-electron chi connectivity index (χ2n) is 7.66. The van der Waals surface area contributed by atoms with Gasteiger partial charge >= 0.3 is 6.03 Å². The summed E-state index contributed by atoms with van der Waals surface area (Å²) in [6.07, 6.45) is 1.28. The molecule has 0 unspecified atom stereocenters. The van der Waals surface area contributed by atoms with Crippen LogP contribution in [0.15, 0.2) is 48.5 Å². The Morgan fingerprint density at radius 3 is 2.45 bits per heavy atom. The van der Waals surface area contributed by atoms with Crippen molar-refractivity contribution in [3.8, 4) is 5.75 Å². The summed E-state index contributed by atoms with van der Waals surface area (Å²) in [6, 6.07) is 15.2. The number of nitrogens with zero attached hydrogens (tertiary/aromatic N) is 1. The van der Waals surface area contributed by atoms with E-state index in [2.05, 4.69) is 30.5 Å². The monoisotopic (exact) mass is 395 g/mol. The van der Waals surface area contributed by atoms with Crippen LogP contribution in [-0.4, -0.2) is 37.0 Å². The number of piperidine rings is 1. The zero-order chi connectivity index (χ0) is 20.8. The topological polar surface area (TPSA) is 70.7 Å². The molecule has 2 N–H and O–H groups in total. The number of anilines is 2. The van der Waals surface area contributed by atoms with Gasteiger partial charge in [0.1, 0.15) is 5.75 Å². The molecule has 1 aliphatic heterocycles. The number of carbonyl (C=O) groups excluding carboxylic acids is 2. The molecule has 1 fully saturated rings. The molecule has 1 saturated heterocycles. The van der Waals surface area contributed by atoms with Crippen molar-refractivity contribution < 1.29 is 14.3 Å². The molecule has 0 saturated carbocycles. The first kappa shape index (κ1) is 20.7. The standard InChI is InChI=1S/C23H29N3O3/c1-16(2)18-7-6-8-19(15-18)24-23(28)26-13-11-17(12-14-26)22(27)25-20-9-4-5-10-21(20)29-3/h4-10,15-17H,11-14H2,1-3H3,(H,24,28)(H,25,27). The quantitative estimate of drug-likeness (QED) is 0.771. The van der Waals surface area contributed by atoms with E-state index in [9.17, 15) is 9.59 Å². The van der Waals surface area contributed by atoms with Gasteiger partial charge in [0.25, 0.3) is 0 Å². The molecule has 3 amide bonds. The number of nitrogens with one attached hydrogen (secondary N) is 2. The van der Waals surface area contributed by atoms with E-state index in [4.69, 9.17) is 4.74 Å². The number of amides is 3. The summed E-state index contributed by atoms with van der Waals surface area (Å²) in [6.45, 7) is 5.36. The number of ether oxygens (including phenoxy) is 1. The number of hydrogen-bond acceptors (Lipinski definition) is 3. The van der Waals surface area contributed by atoms with E-state index < -0.39 is 0 Å². The summed E-state index contributed by atoms with van der Waals surface area (Å²) in [5.41, 5.74) is 2.66. The van der Waals surface area contributed by atoms with E-state index in [1.165, 1.54) is 5.56 Å². The Morgan fingerprint density at radius 2 is 1.76 bits per heavy atom. The summed E-state index contributed by atoms with van der Waals surface area (Å²) in [7, 11) is 1.58. The molecule has 0 aromatic heterocycles. The van der Waals surface area contributed by atoms with Crippen molar-refractivity contribution in [2.24, 2.45) is 5.92 Å². The van der Waals surface area contributed by atoms with Crippen LogP contribution in [0.4, 0.5) is 16.2 Å². The third kappa shape index (κ3) is 5.28. The fraction of sp³-hybridized carbons (Fsp3) is 0.391. The van der Waals surface area contributed by atoms with Gasteiger partial charge in [-0.05, 0) is 48.6 Å². The first-order valence-corrected chi connectivity index (χ1v) is 10.1. The smallest absolute Gasteiger partial charge is 0.321 e. The second kappa shape index (κ2) is 9.45. The number of benzene rings is 2. The Balaban J connectivity index is 1.52. The van der Waals surface area contributed by atoms with Crippen molar-refractivity contribution in [3.63, 3.8) is 0 Å². The Morgan fingerprint density at radius 1 is 1.03 bits per heavy atom. The maximum atomic E-state index is 12.6. The van der Waals surface area contributed by atoms with Crippen molar-refractivity contribution in [3.05, 3.63) is 54.1 Å². The molecular weight excluding hydrogens is 366 g/mol. The SMILES string of the molecule is COc1ccccc1NC(=O)C1CCN(C(=O)Nc2cccc(C(C)C)c2)CC1. The lowest BCUT2D eigenvalue weighted by molar-refractivity contribution is -0.121. The molecule has 2 aromatic carbocycles.